The number of hydrogen-bond acceptors (Lipinski definition) is 2. The first kappa shape index (κ1) is 13.0. The van der Waals surface area contributed by atoms with E-state index in [1.807, 2.05) is 29.2 Å². The highest BCUT2D eigenvalue weighted by atomic mass is 32.1. The van der Waals surface area contributed by atoms with Gasteiger partial charge in [-0.3, -0.25) is 4.79 Å². The van der Waals surface area contributed by atoms with E-state index in [9.17, 15) is 4.79 Å². The Labute approximate surface area is 113 Å². The number of nitrogens with two attached hydrogens (primary N) is 1. The first-order valence-corrected chi connectivity index (χ1v) is 6.75. The van der Waals surface area contributed by atoms with Gasteiger partial charge in [0.05, 0.1) is 0 Å². The topological polar surface area (TPSA) is 46.3 Å². The third-order valence-corrected chi connectivity index (χ3v) is 3.76. The predicted molar refractivity (Wildman–Crippen MR) is 76.7 cm³/mol. The number of nitrogens with zero attached hydrogens (tertiary/aromatic N) is 1. The van der Waals surface area contributed by atoms with Gasteiger partial charge < -0.3 is 10.6 Å². The lowest BCUT2D eigenvalue weighted by molar-refractivity contribution is 0.0733. The van der Waals surface area contributed by atoms with Crippen LogP contribution in [0.5, 0.6) is 0 Å². The van der Waals surface area contributed by atoms with Crippen LogP contribution in [-0.2, 0) is 0 Å². The fourth-order valence-electron chi connectivity index (χ4n) is 2.47. The molecule has 0 aromatic heterocycles. The number of likely N-dealkylation sites (tertiary alicyclic amines) is 1. The summed E-state index contributed by atoms with van der Waals surface area (Å²) >= 11 is 4.90. The van der Waals surface area contributed by atoms with Gasteiger partial charge in [0, 0.05) is 23.7 Å². The third-order valence-electron chi connectivity index (χ3n) is 3.53. The van der Waals surface area contributed by atoms with Crippen molar-refractivity contribution in [1.82, 2.24) is 4.90 Å². The van der Waals surface area contributed by atoms with Crippen LogP contribution in [0.15, 0.2) is 24.3 Å². The zero-order chi connectivity index (χ0) is 13.1. The lowest BCUT2D eigenvalue weighted by Gasteiger charge is -2.23. The van der Waals surface area contributed by atoms with Gasteiger partial charge in [0.1, 0.15) is 4.99 Å². The van der Waals surface area contributed by atoms with Crippen molar-refractivity contribution in [2.24, 2.45) is 5.73 Å². The highest BCUT2D eigenvalue weighted by molar-refractivity contribution is 7.80. The summed E-state index contributed by atoms with van der Waals surface area (Å²) in [5.74, 6) is 0.119. The van der Waals surface area contributed by atoms with E-state index >= 15 is 0 Å². The number of amides is 1. The summed E-state index contributed by atoms with van der Waals surface area (Å²) < 4.78 is 0. The van der Waals surface area contributed by atoms with E-state index in [1.165, 1.54) is 0 Å². The molecule has 1 unspecified atom stereocenters. The van der Waals surface area contributed by atoms with Crippen LogP contribution in [-0.4, -0.2) is 28.4 Å². The first-order valence-electron chi connectivity index (χ1n) is 6.34. The van der Waals surface area contributed by atoms with Crippen molar-refractivity contribution in [3.05, 3.63) is 35.4 Å². The van der Waals surface area contributed by atoms with E-state index in [1.54, 1.807) is 0 Å². The molecule has 0 aliphatic carbocycles. The molecule has 1 aliphatic rings. The first-order chi connectivity index (χ1) is 8.63. The Hall–Kier alpha value is -1.42. The minimum absolute atomic E-state index is 0.119. The summed E-state index contributed by atoms with van der Waals surface area (Å²) in [5, 5.41) is 0. The zero-order valence-electron chi connectivity index (χ0n) is 10.6. The van der Waals surface area contributed by atoms with E-state index in [0.717, 1.165) is 36.9 Å². The van der Waals surface area contributed by atoms with Gasteiger partial charge in [-0.15, -0.1) is 0 Å². The molecule has 1 heterocycles. The van der Waals surface area contributed by atoms with Crippen LogP contribution in [0.2, 0.25) is 0 Å². The highest BCUT2D eigenvalue weighted by Crippen LogP contribution is 2.22. The molecule has 0 saturated carbocycles. The van der Waals surface area contributed by atoms with Crippen LogP contribution < -0.4 is 5.73 Å². The maximum atomic E-state index is 12.4. The Morgan fingerprint density at radius 3 is 2.56 bits per heavy atom. The molecule has 18 heavy (non-hydrogen) atoms. The van der Waals surface area contributed by atoms with Gasteiger partial charge in [-0.25, -0.2) is 0 Å². The van der Waals surface area contributed by atoms with Crippen molar-refractivity contribution >= 4 is 23.1 Å². The largest absolute Gasteiger partial charge is 0.389 e. The molecular formula is C14H18N2OS. The van der Waals surface area contributed by atoms with Gasteiger partial charge in [-0.1, -0.05) is 31.3 Å². The number of carbonyl (C=O) groups excluding carboxylic acids is 1. The Bertz CT molecular complexity index is 455. The predicted octanol–water partition coefficient (Wildman–Crippen LogP) is 2.34. The fourth-order valence-corrected chi connectivity index (χ4v) is 2.61. The number of carbonyl (C=O) groups is 1. The van der Waals surface area contributed by atoms with E-state index in [0.29, 0.717) is 11.0 Å². The smallest absolute Gasteiger partial charge is 0.254 e. The summed E-state index contributed by atoms with van der Waals surface area (Å²) in [7, 11) is 0. The van der Waals surface area contributed by atoms with Crippen LogP contribution in [0.4, 0.5) is 0 Å². The molecule has 1 aromatic rings. The van der Waals surface area contributed by atoms with Crippen molar-refractivity contribution in [2.45, 2.75) is 32.2 Å². The van der Waals surface area contributed by atoms with Crippen LogP contribution in [0.1, 0.15) is 42.1 Å². The molecule has 0 radical (unpaired) electrons. The maximum Gasteiger partial charge on any atom is 0.254 e. The lowest BCUT2D eigenvalue weighted by Crippen LogP contribution is -2.35. The molecule has 0 bridgehead atoms. The molecule has 1 aliphatic heterocycles. The van der Waals surface area contributed by atoms with Crippen molar-refractivity contribution in [2.75, 3.05) is 6.54 Å². The second-order valence-corrected chi connectivity index (χ2v) is 5.08. The average Bonchev–Trinajstić information content (AvgIpc) is 2.86. The zero-order valence-corrected chi connectivity index (χ0v) is 11.4. The van der Waals surface area contributed by atoms with Crippen molar-refractivity contribution in [3.63, 3.8) is 0 Å². The maximum absolute atomic E-state index is 12.4. The van der Waals surface area contributed by atoms with Gasteiger partial charge in [-0.05, 0) is 31.4 Å². The Morgan fingerprint density at radius 2 is 2.00 bits per heavy atom. The van der Waals surface area contributed by atoms with Gasteiger partial charge >= 0.3 is 0 Å². The fraction of sp³-hybridized carbons (Fsp3) is 0.429. The van der Waals surface area contributed by atoms with Crippen LogP contribution in [0, 0.1) is 0 Å². The summed E-state index contributed by atoms with van der Waals surface area (Å²) in [5.41, 5.74) is 7.06. The van der Waals surface area contributed by atoms with E-state index in [-0.39, 0.29) is 5.91 Å². The normalized spacial score (nSPS) is 18.9. The minimum Gasteiger partial charge on any atom is -0.389 e. The molecular weight excluding hydrogens is 244 g/mol. The van der Waals surface area contributed by atoms with Crippen molar-refractivity contribution < 1.29 is 4.79 Å². The molecule has 1 amide bonds. The van der Waals surface area contributed by atoms with Crippen molar-refractivity contribution in [1.29, 1.82) is 0 Å². The monoisotopic (exact) mass is 262 g/mol. The second-order valence-electron chi connectivity index (χ2n) is 4.64. The summed E-state index contributed by atoms with van der Waals surface area (Å²) in [6, 6.07) is 7.64. The molecule has 2 N–H and O–H groups in total. The Kier molecular flexibility index (Phi) is 3.97. The molecule has 3 nitrogen and oxygen atoms in total. The average molecular weight is 262 g/mol. The molecule has 1 atom stereocenters. The van der Waals surface area contributed by atoms with E-state index < -0.39 is 0 Å². The molecule has 96 valence electrons. The van der Waals surface area contributed by atoms with Crippen LogP contribution >= 0.6 is 12.2 Å². The minimum atomic E-state index is 0.119. The second kappa shape index (κ2) is 5.48. The van der Waals surface area contributed by atoms with Gasteiger partial charge in [0.2, 0.25) is 0 Å². The number of benzene rings is 1. The molecule has 1 saturated heterocycles. The molecule has 4 heteroatoms. The Balaban J connectivity index is 2.16. The molecule has 2 rings (SSSR count). The van der Waals surface area contributed by atoms with E-state index in [4.69, 9.17) is 18.0 Å². The van der Waals surface area contributed by atoms with Gasteiger partial charge in [0.25, 0.3) is 5.91 Å². The van der Waals surface area contributed by atoms with Gasteiger partial charge in [0.15, 0.2) is 0 Å². The molecule has 1 aromatic carbocycles. The standard InChI is InChI=1S/C14H18N2OS/c1-2-12-4-3-9-16(12)14(17)11-7-5-10(6-8-11)13(15)18/h5-8,12H,2-4,9H2,1H3,(H2,15,18). The third kappa shape index (κ3) is 2.53. The Morgan fingerprint density at radius 1 is 1.39 bits per heavy atom. The highest BCUT2D eigenvalue weighted by Gasteiger charge is 2.27. The van der Waals surface area contributed by atoms with Gasteiger partial charge in [-0.2, -0.15) is 0 Å². The summed E-state index contributed by atoms with van der Waals surface area (Å²) in [4.78, 5) is 14.7. The SMILES string of the molecule is CCC1CCCN1C(=O)c1ccc(C(N)=S)cc1. The lowest BCUT2D eigenvalue weighted by atomic mass is 10.1. The molecule has 1 fully saturated rings. The van der Waals surface area contributed by atoms with E-state index in [2.05, 4.69) is 6.92 Å². The quantitative estimate of drug-likeness (QED) is 0.850. The van der Waals surface area contributed by atoms with Crippen LogP contribution in [0.3, 0.4) is 0 Å². The summed E-state index contributed by atoms with van der Waals surface area (Å²) in [6.07, 6.45) is 3.25. The number of hydrogen-bond donors (Lipinski definition) is 1. The number of rotatable bonds is 3. The van der Waals surface area contributed by atoms with Crippen LogP contribution in [0.25, 0.3) is 0 Å². The van der Waals surface area contributed by atoms with Crippen molar-refractivity contribution in [3.8, 4) is 0 Å². The molecule has 0 spiro atoms. The number of thiocarbonyl (C=S) groups is 1. The summed E-state index contributed by atoms with van der Waals surface area (Å²) in [6.45, 7) is 3.00.